The van der Waals surface area contributed by atoms with E-state index in [1.807, 2.05) is 32.0 Å². The van der Waals surface area contributed by atoms with Crippen LogP contribution in [0.2, 0.25) is 0 Å². The van der Waals surface area contributed by atoms with Crippen LogP contribution < -0.4 is 5.32 Å². The fraction of sp³-hybridized carbons (Fsp3) is 0.480. The van der Waals surface area contributed by atoms with Gasteiger partial charge in [0.25, 0.3) is 0 Å². The quantitative estimate of drug-likeness (QED) is 0.507. The van der Waals surface area contributed by atoms with E-state index in [1.165, 1.54) is 0 Å². The number of rotatable bonds is 8. The third-order valence-electron chi connectivity index (χ3n) is 5.59. The predicted octanol–water partition coefficient (Wildman–Crippen LogP) is 4.44. The molecule has 0 radical (unpaired) electrons. The number of allylic oxidation sites excluding steroid dienone is 1. The Balaban J connectivity index is 2.11. The van der Waals surface area contributed by atoms with E-state index in [0.717, 1.165) is 17.3 Å². The summed E-state index contributed by atoms with van der Waals surface area (Å²) in [5.74, 6) is -1.36. The molecule has 1 amide bonds. The highest BCUT2D eigenvalue weighted by Gasteiger charge is 2.49. The summed E-state index contributed by atoms with van der Waals surface area (Å²) in [6.07, 6.45) is -5.59. The van der Waals surface area contributed by atoms with Gasteiger partial charge in [-0.25, -0.2) is 9.79 Å². The molecule has 0 saturated carbocycles. The number of aliphatic imine (C=N–C) groups is 1. The van der Waals surface area contributed by atoms with Gasteiger partial charge in [-0.05, 0) is 58.3 Å². The fourth-order valence-corrected chi connectivity index (χ4v) is 4.87. The van der Waals surface area contributed by atoms with E-state index in [2.05, 4.69) is 10.3 Å². The molecule has 0 fully saturated rings. The Labute approximate surface area is 213 Å². The van der Waals surface area contributed by atoms with E-state index >= 15 is 0 Å². The molecule has 0 aliphatic carbocycles. The molecule has 2 aliphatic heterocycles. The summed E-state index contributed by atoms with van der Waals surface area (Å²) in [5, 5.41) is 4.50. The smallest absolute Gasteiger partial charge is 0.434 e. The monoisotopic (exact) mass is 524 g/mol. The molecule has 11 heteroatoms. The number of aryl methyl sites for hydroxylation is 2. The van der Waals surface area contributed by atoms with Gasteiger partial charge in [0.15, 0.2) is 10.9 Å². The number of nitrogens with zero attached hydrogens (tertiary/aromatic N) is 3. The number of amides is 1. The first kappa shape index (κ1) is 27.8. The standard InChI is InChI=1S/C25H31F3N4O3S/c1-14(2)35-23(34)20-21(18-11-15(3)7-8-16(18)4)32-17(12-19(33)29-9-10-31(5)6)13-36-24(32)30-22(20)25(26,27)28/h7-8,11,13-14,21H,9-10,12H2,1-6H3,(H,29,33). The Morgan fingerprint density at radius 1 is 1.25 bits per heavy atom. The van der Waals surface area contributed by atoms with E-state index in [0.29, 0.717) is 29.9 Å². The molecular formula is C25H31F3N4O3S. The minimum absolute atomic E-state index is 0.0606. The number of esters is 1. The molecule has 2 heterocycles. The first-order valence-electron chi connectivity index (χ1n) is 11.5. The number of likely N-dealkylation sites (N-methyl/N-ethyl adjacent to an activating group) is 1. The van der Waals surface area contributed by atoms with Gasteiger partial charge in [-0.1, -0.05) is 35.5 Å². The summed E-state index contributed by atoms with van der Waals surface area (Å²) in [5.41, 5.74) is 0.640. The predicted molar refractivity (Wildman–Crippen MR) is 134 cm³/mol. The lowest BCUT2D eigenvalue weighted by Gasteiger charge is -2.38. The number of carbonyl (C=O) groups is 2. The second kappa shape index (κ2) is 11.1. The van der Waals surface area contributed by atoms with Gasteiger partial charge in [-0.15, -0.1) is 0 Å². The Morgan fingerprint density at radius 3 is 2.56 bits per heavy atom. The van der Waals surface area contributed by atoms with E-state index in [4.69, 9.17) is 4.74 Å². The van der Waals surface area contributed by atoms with Crippen LogP contribution in [0, 0.1) is 13.8 Å². The number of alkyl halides is 3. The number of benzene rings is 1. The molecule has 2 aliphatic rings. The summed E-state index contributed by atoms with van der Waals surface area (Å²) in [6, 6.07) is 4.26. The molecule has 3 rings (SSSR count). The van der Waals surface area contributed by atoms with Crippen LogP contribution in [-0.2, 0) is 14.3 Å². The summed E-state index contributed by atoms with van der Waals surface area (Å²) < 4.78 is 48.0. The van der Waals surface area contributed by atoms with Crippen LogP contribution in [0.25, 0.3) is 0 Å². The molecule has 0 bridgehead atoms. The lowest BCUT2D eigenvalue weighted by molar-refractivity contribution is -0.145. The molecule has 0 spiro atoms. The number of halogens is 3. The van der Waals surface area contributed by atoms with E-state index in [-0.39, 0.29) is 17.5 Å². The zero-order valence-electron chi connectivity index (χ0n) is 21.2. The molecular weight excluding hydrogens is 493 g/mol. The van der Waals surface area contributed by atoms with Gasteiger partial charge in [0.1, 0.15) is 0 Å². The summed E-state index contributed by atoms with van der Waals surface area (Å²) in [4.78, 5) is 33.2. The van der Waals surface area contributed by atoms with Crippen molar-refractivity contribution in [1.82, 2.24) is 15.1 Å². The van der Waals surface area contributed by atoms with Crippen molar-refractivity contribution < 1.29 is 27.5 Å². The summed E-state index contributed by atoms with van der Waals surface area (Å²) >= 11 is 1.00. The van der Waals surface area contributed by atoms with Crippen molar-refractivity contribution in [2.45, 2.75) is 52.4 Å². The third kappa shape index (κ3) is 6.31. The van der Waals surface area contributed by atoms with E-state index < -0.39 is 35.6 Å². The first-order chi connectivity index (χ1) is 16.8. The zero-order chi connectivity index (χ0) is 26.8. The SMILES string of the molecule is Cc1ccc(C)c(C2C(C(=O)OC(C)C)=C(C(F)(F)F)N=C3SC=C(CC(=O)NCCN(C)C)N32)c1. The normalized spacial score (nSPS) is 17.9. The van der Waals surface area contributed by atoms with Crippen LogP contribution in [-0.4, -0.2) is 66.3 Å². The van der Waals surface area contributed by atoms with Gasteiger partial charge >= 0.3 is 12.1 Å². The maximum Gasteiger partial charge on any atom is 0.434 e. The Morgan fingerprint density at radius 2 is 1.94 bits per heavy atom. The molecule has 1 unspecified atom stereocenters. The number of thioether (sulfide) groups is 1. The van der Waals surface area contributed by atoms with E-state index in [9.17, 15) is 22.8 Å². The number of hydrogen-bond acceptors (Lipinski definition) is 7. The molecule has 7 nitrogen and oxygen atoms in total. The largest absolute Gasteiger partial charge is 0.459 e. The van der Waals surface area contributed by atoms with Crippen molar-refractivity contribution in [2.75, 3.05) is 27.2 Å². The van der Waals surface area contributed by atoms with Crippen molar-refractivity contribution in [2.24, 2.45) is 4.99 Å². The Hall–Kier alpha value is -2.79. The number of fused-ring (bicyclic) bond motifs is 1. The summed E-state index contributed by atoms with van der Waals surface area (Å²) in [7, 11) is 3.77. The van der Waals surface area contributed by atoms with Crippen LogP contribution in [0.1, 0.15) is 43.0 Å². The van der Waals surface area contributed by atoms with Gasteiger partial charge < -0.3 is 19.9 Å². The van der Waals surface area contributed by atoms with Gasteiger partial charge in [-0.2, -0.15) is 13.2 Å². The number of nitrogens with one attached hydrogen (secondary N) is 1. The lowest BCUT2D eigenvalue weighted by Crippen LogP contribution is -2.41. The minimum Gasteiger partial charge on any atom is -0.459 e. The van der Waals surface area contributed by atoms with Gasteiger partial charge in [0, 0.05) is 18.8 Å². The maximum atomic E-state index is 14.2. The van der Waals surface area contributed by atoms with Crippen LogP contribution in [0.3, 0.4) is 0 Å². The minimum atomic E-state index is -4.88. The molecule has 0 saturated heterocycles. The lowest BCUT2D eigenvalue weighted by atomic mass is 9.89. The van der Waals surface area contributed by atoms with Crippen LogP contribution in [0.4, 0.5) is 13.2 Å². The molecule has 1 N–H and O–H groups in total. The van der Waals surface area contributed by atoms with Gasteiger partial charge in [0.2, 0.25) is 5.91 Å². The highest BCUT2D eigenvalue weighted by atomic mass is 32.2. The highest BCUT2D eigenvalue weighted by molar-refractivity contribution is 8.16. The first-order valence-corrected chi connectivity index (χ1v) is 12.4. The van der Waals surface area contributed by atoms with Crippen molar-refractivity contribution >= 4 is 28.8 Å². The van der Waals surface area contributed by atoms with Crippen LogP contribution >= 0.6 is 11.8 Å². The fourth-order valence-electron chi connectivity index (χ4n) is 3.95. The van der Waals surface area contributed by atoms with E-state index in [1.54, 1.807) is 43.2 Å². The van der Waals surface area contributed by atoms with Crippen molar-refractivity contribution in [3.8, 4) is 0 Å². The van der Waals surface area contributed by atoms with Crippen molar-refractivity contribution in [3.63, 3.8) is 0 Å². The number of carbonyl (C=O) groups excluding carboxylic acids is 2. The zero-order valence-corrected chi connectivity index (χ0v) is 22.0. The molecule has 196 valence electrons. The Kier molecular flexibility index (Phi) is 8.55. The average Bonchev–Trinajstić information content (AvgIpc) is 3.15. The summed E-state index contributed by atoms with van der Waals surface area (Å²) in [6.45, 7) is 7.83. The van der Waals surface area contributed by atoms with Crippen molar-refractivity contribution in [3.05, 3.63) is 57.3 Å². The molecule has 1 atom stereocenters. The number of ether oxygens (including phenoxy) is 1. The molecule has 1 aromatic rings. The second-order valence-electron chi connectivity index (χ2n) is 9.30. The maximum absolute atomic E-state index is 14.2. The molecule has 1 aromatic carbocycles. The van der Waals surface area contributed by atoms with Gasteiger partial charge in [-0.3, -0.25) is 4.79 Å². The van der Waals surface area contributed by atoms with Crippen LogP contribution in [0.5, 0.6) is 0 Å². The number of hydrogen-bond donors (Lipinski definition) is 1. The third-order valence-corrected chi connectivity index (χ3v) is 6.48. The molecule has 0 aromatic heterocycles. The highest BCUT2D eigenvalue weighted by Crippen LogP contribution is 2.48. The average molecular weight is 525 g/mol. The topological polar surface area (TPSA) is 74.2 Å². The molecule has 36 heavy (non-hydrogen) atoms. The number of amidine groups is 1. The van der Waals surface area contributed by atoms with Crippen LogP contribution in [0.15, 0.2) is 45.6 Å². The Bertz CT molecular complexity index is 1130. The van der Waals surface area contributed by atoms with Crippen molar-refractivity contribution in [1.29, 1.82) is 0 Å². The van der Waals surface area contributed by atoms with Gasteiger partial charge in [0.05, 0.1) is 24.1 Å². The second-order valence-corrected chi connectivity index (χ2v) is 10.1.